The first-order valence-corrected chi connectivity index (χ1v) is 12.0. The minimum Gasteiger partial charge on any atom is -0.351 e. The van der Waals surface area contributed by atoms with Gasteiger partial charge in [-0.15, -0.1) is 0 Å². The van der Waals surface area contributed by atoms with Crippen molar-refractivity contribution in [1.82, 2.24) is 10.2 Å². The molecule has 11 heteroatoms. The molecule has 2 heterocycles. The van der Waals surface area contributed by atoms with E-state index in [-0.39, 0.29) is 30.9 Å². The lowest BCUT2D eigenvalue weighted by molar-refractivity contribution is -0.149. The van der Waals surface area contributed by atoms with Crippen LogP contribution in [0.1, 0.15) is 37.3 Å². The lowest BCUT2D eigenvalue weighted by Crippen LogP contribution is -2.54. The van der Waals surface area contributed by atoms with Gasteiger partial charge in [0.15, 0.2) is 0 Å². The van der Waals surface area contributed by atoms with E-state index in [2.05, 4.69) is 16.0 Å². The quantitative estimate of drug-likeness (QED) is 0.406. The summed E-state index contributed by atoms with van der Waals surface area (Å²) < 4.78 is 0. The summed E-state index contributed by atoms with van der Waals surface area (Å²) in [5, 5.41) is 8.39. The van der Waals surface area contributed by atoms with Crippen LogP contribution in [0.15, 0.2) is 54.2 Å². The Morgan fingerprint density at radius 1 is 1.16 bits per heavy atom. The van der Waals surface area contributed by atoms with E-state index >= 15 is 0 Å². The number of hydrogen-bond acceptors (Lipinski definition) is 7. The molecule has 2 aromatic rings. The Morgan fingerprint density at radius 3 is 2.62 bits per heavy atom. The SMILES string of the molecule is Cc1ccc(NC(=O)CC(C)(N)c2cccc(NC3=CC(=O)N(C4CCC(=O)NC4=O)C3=O)c2)cc1Cl. The van der Waals surface area contributed by atoms with E-state index in [1.807, 2.05) is 6.92 Å². The van der Waals surface area contributed by atoms with Crippen LogP contribution in [0.4, 0.5) is 11.4 Å². The Labute approximate surface area is 218 Å². The molecule has 37 heavy (non-hydrogen) atoms. The average molecular weight is 524 g/mol. The monoisotopic (exact) mass is 523 g/mol. The molecule has 0 bridgehead atoms. The molecule has 2 aliphatic rings. The molecule has 0 spiro atoms. The van der Waals surface area contributed by atoms with Crippen LogP contribution in [0, 0.1) is 6.92 Å². The maximum absolute atomic E-state index is 12.9. The Kier molecular flexibility index (Phi) is 7.15. The summed E-state index contributed by atoms with van der Waals surface area (Å²) in [4.78, 5) is 62.5. The van der Waals surface area contributed by atoms with Crippen molar-refractivity contribution >= 4 is 52.5 Å². The van der Waals surface area contributed by atoms with Gasteiger partial charge in [-0.25, -0.2) is 0 Å². The zero-order chi connectivity index (χ0) is 26.9. The maximum Gasteiger partial charge on any atom is 0.278 e. The minimum absolute atomic E-state index is 0.0143. The predicted octanol–water partition coefficient (Wildman–Crippen LogP) is 2.32. The fourth-order valence-corrected chi connectivity index (χ4v) is 4.40. The summed E-state index contributed by atoms with van der Waals surface area (Å²) in [5.74, 6) is -2.74. The number of imide groups is 2. The molecule has 10 nitrogen and oxygen atoms in total. The van der Waals surface area contributed by atoms with Crippen LogP contribution in [-0.2, 0) is 29.5 Å². The highest BCUT2D eigenvalue weighted by Crippen LogP contribution is 2.28. The van der Waals surface area contributed by atoms with Gasteiger partial charge in [-0.1, -0.05) is 29.8 Å². The molecule has 0 radical (unpaired) electrons. The highest BCUT2D eigenvalue weighted by Gasteiger charge is 2.42. The highest BCUT2D eigenvalue weighted by molar-refractivity contribution is 6.31. The van der Waals surface area contributed by atoms with Crippen molar-refractivity contribution in [3.05, 3.63) is 70.4 Å². The van der Waals surface area contributed by atoms with Gasteiger partial charge in [-0.05, 0) is 55.7 Å². The number of benzene rings is 2. The molecule has 0 saturated carbocycles. The van der Waals surface area contributed by atoms with Gasteiger partial charge in [0.2, 0.25) is 17.7 Å². The molecule has 0 aliphatic carbocycles. The molecule has 192 valence electrons. The number of hydrogen-bond donors (Lipinski definition) is 4. The molecule has 5 N–H and O–H groups in total. The van der Waals surface area contributed by atoms with Gasteiger partial charge in [-0.2, -0.15) is 0 Å². The second kappa shape index (κ2) is 10.2. The molecule has 2 unspecified atom stereocenters. The smallest absolute Gasteiger partial charge is 0.278 e. The summed E-state index contributed by atoms with van der Waals surface area (Å²) in [6, 6.07) is 11.0. The highest BCUT2D eigenvalue weighted by atomic mass is 35.5. The van der Waals surface area contributed by atoms with Gasteiger partial charge in [0.1, 0.15) is 11.7 Å². The minimum atomic E-state index is -1.06. The van der Waals surface area contributed by atoms with Gasteiger partial charge < -0.3 is 16.4 Å². The Morgan fingerprint density at radius 2 is 1.92 bits per heavy atom. The summed E-state index contributed by atoms with van der Waals surface area (Å²) in [6.45, 7) is 3.57. The lowest BCUT2D eigenvalue weighted by Gasteiger charge is -2.28. The van der Waals surface area contributed by atoms with Crippen LogP contribution in [0.2, 0.25) is 5.02 Å². The number of nitrogens with zero attached hydrogens (tertiary/aromatic N) is 1. The zero-order valence-electron chi connectivity index (χ0n) is 20.3. The van der Waals surface area contributed by atoms with E-state index in [0.717, 1.165) is 16.5 Å². The molecule has 2 atom stereocenters. The number of nitrogens with one attached hydrogen (secondary N) is 3. The van der Waals surface area contributed by atoms with E-state index in [1.54, 1.807) is 49.4 Å². The van der Waals surface area contributed by atoms with Crippen molar-refractivity contribution in [3.8, 4) is 0 Å². The standard InChI is InChI=1S/C26H26ClN5O5/c1-14-6-7-17(11-18(14)27)30-22(34)13-26(2,28)15-4-3-5-16(10-15)29-19-12-23(35)32(25(19)37)20-8-9-21(33)31-24(20)36/h3-7,10-12,20,29H,8-9,13,28H2,1-2H3,(H,30,34)(H,31,33,36). The molecule has 1 saturated heterocycles. The van der Waals surface area contributed by atoms with Crippen molar-refractivity contribution in [2.75, 3.05) is 10.6 Å². The molecule has 1 fully saturated rings. The van der Waals surface area contributed by atoms with Crippen molar-refractivity contribution in [2.45, 2.75) is 44.7 Å². The second-order valence-corrected chi connectivity index (χ2v) is 9.76. The van der Waals surface area contributed by atoms with E-state index in [0.29, 0.717) is 22.0 Å². The van der Waals surface area contributed by atoms with Crippen molar-refractivity contribution < 1.29 is 24.0 Å². The first-order valence-electron chi connectivity index (χ1n) is 11.6. The number of carbonyl (C=O) groups excluding carboxylic acids is 5. The molecular weight excluding hydrogens is 498 g/mol. The number of nitrogens with two attached hydrogens (primary N) is 1. The van der Waals surface area contributed by atoms with Crippen molar-refractivity contribution in [2.24, 2.45) is 5.73 Å². The molecular formula is C26H26ClN5O5. The Bertz CT molecular complexity index is 1350. The van der Waals surface area contributed by atoms with E-state index in [4.69, 9.17) is 17.3 Å². The number of amides is 5. The fourth-order valence-electron chi connectivity index (χ4n) is 4.22. The summed E-state index contributed by atoms with van der Waals surface area (Å²) in [6.07, 6.45) is 1.19. The number of rotatable bonds is 7. The van der Waals surface area contributed by atoms with Gasteiger partial charge in [0.05, 0.1) is 0 Å². The summed E-state index contributed by atoms with van der Waals surface area (Å²) in [5.41, 5.74) is 7.96. The fraction of sp³-hybridized carbons (Fsp3) is 0.269. The first-order chi connectivity index (χ1) is 17.4. The molecule has 2 aromatic carbocycles. The normalized spacial score (nSPS) is 19.3. The van der Waals surface area contributed by atoms with Crippen LogP contribution in [0.3, 0.4) is 0 Å². The van der Waals surface area contributed by atoms with Crippen molar-refractivity contribution in [1.29, 1.82) is 0 Å². The van der Waals surface area contributed by atoms with Crippen LogP contribution in [0.25, 0.3) is 0 Å². The van der Waals surface area contributed by atoms with E-state index in [9.17, 15) is 24.0 Å². The lowest BCUT2D eigenvalue weighted by atomic mass is 9.89. The predicted molar refractivity (Wildman–Crippen MR) is 137 cm³/mol. The van der Waals surface area contributed by atoms with Gasteiger partial charge in [-0.3, -0.25) is 34.2 Å². The molecule has 2 aliphatic heterocycles. The number of anilines is 2. The number of piperidine rings is 1. The first kappa shape index (κ1) is 26.1. The molecule has 4 rings (SSSR count). The topological polar surface area (TPSA) is 151 Å². The van der Waals surface area contributed by atoms with Crippen molar-refractivity contribution in [3.63, 3.8) is 0 Å². The van der Waals surface area contributed by atoms with Gasteiger partial charge in [0, 0.05) is 40.9 Å². The summed E-state index contributed by atoms with van der Waals surface area (Å²) >= 11 is 6.13. The number of aryl methyl sites for hydroxylation is 1. The Hall–Kier alpha value is -4.02. The van der Waals surface area contributed by atoms with E-state index in [1.165, 1.54) is 0 Å². The number of halogens is 1. The van der Waals surface area contributed by atoms with E-state index < -0.39 is 35.2 Å². The second-order valence-electron chi connectivity index (χ2n) is 9.35. The van der Waals surface area contributed by atoms with Crippen LogP contribution in [0.5, 0.6) is 0 Å². The van der Waals surface area contributed by atoms with Gasteiger partial charge in [0.25, 0.3) is 11.8 Å². The van der Waals surface area contributed by atoms with Gasteiger partial charge >= 0.3 is 0 Å². The zero-order valence-corrected chi connectivity index (χ0v) is 21.0. The van der Waals surface area contributed by atoms with Crippen LogP contribution in [-0.4, -0.2) is 40.5 Å². The molecule has 0 aromatic heterocycles. The third kappa shape index (κ3) is 5.71. The van der Waals surface area contributed by atoms with Crippen LogP contribution < -0.4 is 21.7 Å². The maximum atomic E-state index is 12.9. The summed E-state index contributed by atoms with van der Waals surface area (Å²) in [7, 11) is 0. The van der Waals surface area contributed by atoms with Crippen LogP contribution >= 0.6 is 11.6 Å². The number of carbonyl (C=O) groups is 5. The largest absolute Gasteiger partial charge is 0.351 e. The average Bonchev–Trinajstić information content (AvgIpc) is 3.09. The third-order valence-corrected chi connectivity index (χ3v) is 6.67. The third-order valence-electron chi connectivity index (χ3n) is 6.26. The molecule has 5 amide bonds. The Balaban J connectivity index is 1.44.